The summed E-state index contributed by atoms with van der Waals surface area (Å²) < 4.78 is 5.35. The molecule has 0 aliphatic rings. The molecule has 0 saturated heterocycles. The Bertz CT molecular complexity index is 838. The number of carbonyl (C=O) groups excluding carboxylic acids is 1. The highest BCUT2D eigenvalue weighted by molar-refractivity contribution is 5.72. The summed E-state index contributed by atoms with van der Waals surface area (Å²) in [5, 5.41) is 8.65. The van der Waals surface area contributed by atoms with E-state index in [4.69, 9.17) is 9.84 Å². The van der Waals surface area contributed by atoms with Crippen molar-refractivity contribution in [3.8, 4) is 5.75 Å². The fraction of sp³-hybridized carbons (Fsp3) is 0.826. The lowest BCUT2D eigenvalue weighted by Gasteiger charge is -2.05. The van der Waals surface area contributed by atoms with Crippen LogP contribution >= 0.6 is 0 Å². The molecule has 0 bridgehead atoms. The number of rotatable bonds is 40. The number of carbonyl (C=O) groups is 2. The Morgan fingerprint density at radius 3 is 0.800 bits per heavy atom. The summed E-state index contributed by atoms with van der Waals surface area (Å²) in [7, 11) is 0. The second kappa shape index (κ2) is 38.4. The van der Waals surface area contributed by atoms with Gasteiger partial charge in [0, 0.05) is 12.8 Å². The van der Waals surface area contributed by atoms with Crippen LogP contribution in [-0.2, 0) is 9.59 Å². The number of carboxylic acids is 1. The van der Waals surface area contributed by atoms with Crippen LogP contribution in [0.15, 0.2) is 30.3 Å². The second-order valence-corrected chi connectivity index (χ2v) is 15.4. The molecular formula is C46H82O4. The van der Waals surface area contributed by atoms with Crippen LogP contribution in [0.5, 0.6) is 5.75 Å². The van der Waals surface area contributed by atoms with Gasteiger partial charge < -0.3 is 9.84 Å². The maximum atomic E-state index is 11.9. The van der Waals surface area contributed by atoms with Crippen LogP contribution in [0.25, 0.3) is 0 Å². The molecule has 1 N–H and O–H groups in total. The van der Waals surface area contributed by atoms with E-state index >= 15 is 0 Å². The maximum Gasteiger partial charge on any atom is 0.311 e. The molecule has 290 valence electrons. The molecule has 0 fully saturated rings. The molecule has 0 amide bonds. The molecule has 0 aliphatic heterocycles. The molecule has 1 aromatic carbocycles. The van der Waals surface area contributed by atoms with Gasteiger partial charge in [0.25, 0.3) is 0 Å². The van der Waals surface area contributed by atoms with E-state index in [-0.39, 0.29) is 5.97 Å². The fourth-order valence-electron chi connectivity index (χ4n) is 7.23. The quantitative estimate of drug-likeness (QED) is 0.0421. The number of unbranched alkanes of at least 4 members (excludes halogenated alkanes) is 35. The summed E-state index contributed by atoms with van der Waals surface area (Å²) in [4.78, 5) is 22.4. The number of aliphatic carboxylic acids is 1. The number of para-hydroxylation sites is 1. The van der Waals surface area contributed by atoms with E-state index in [2.05, 4.69) is 0 Å². The zero-order valence-corrected chi connectivity index (χ0v) is 32.9. The van der Waals surface area contributed by atoms with Crippen molar-refractivity contribution in [1.29, 1.82) is 0 Å². The maximum absolute atomic E-state index is 11.9. The first-order valence-electron chi connectivity index (χ1n) is 22.2. The summed E-state index contributed by atoms with van der Waals surface area (Å²) in [5.41, 5.74) is 0. The topological polar surface area (TPSA) is 63.6 Å². The first kappa shape index (κ1) is 46.2. The number of hydrogen-bond donors (Lipinski definition) is 1. The van der Waals surface area contributed by atoms with Gasteiger partial charge in [-0.25, -0.2) is 0 Å². The molecule has 0 radical (unpaired) electrons. The van der Waals surface area contributed by atoms with Gasteiger partial charge >= 0.3 is 11.9 Å². The number of esters is 1. The fourth-order valence-corrected chi connectivity index (χ4v) is 7.23. The second-order valence-electron chi connectivity index (χ2n) is 15.4. The van der Waals surface area contributed by atoms with Crippen LogP contribution < -0.4 is 4.74 Å². The molecule has 0 spiro atoms. The van der Waals surface area contributed by atoms with Gasteiger partial charge in [0.2, 0.25) is 0 Å². The zero-order chi connectivity index (χ0) is 35.8. The summed E-state index contributed by atoms with van der Waals surface area (Å²) >= 11 is 0. The molecule has 0 unspecified atom stereocenters. The van der Waals surface area contributed by atoms with Crippen molar-refractivity contribution in [2.75, 3.05) is 0 Å². The molecule has 0 aromatic heterocycles. The third-order valence-electron chi connectivity index (χ3n) is 10.5. The number of carboxylic acid groups (broad SMARTS) is 1. The third kappa shape index (κ3) is 36.0. The molecule has 0 heterocycles. The van der Waals surface area contributed by atoms with Crippen molar-refractivity contribution >= 4 is 11.9 Å². The van der Waals surface area contributed by atoms with Gasteiger partial charge in [-0.3, -0.25) is 9.59 Å². The lowest BCUT2D eigenvalue weighted by atomic mass is 10.0. The van der Waals surface area contributed by atoms with Crippen LogP contribution in [0, 0.1) is 0 Å². The van der Waals surface area contributed by atoms with Gasteiger partial charge in [0.15, 0.2) is 0 Å². The van der Waals surface area contributed by atoms with Crippen LogP contribution in [0.2, 0.25) is 0 Å². The van der Waals surface area contributed by atoms with Gasteiger partial charge in [0.1, 0.15) is 5.75 Å². The Kier molecular flexibility index (Phi) is 35.5. The van der Waals surface area contributed by atoms with Crippen molar-refractivity contribution in [1.82, 2.24) is 0 Å². The Morgan fingerprint density at radius 2 is 0.560 bits per heavy atom. The van der Waals surface area contributed by atoms with E-state index in [9.17, 15) is 9.59 Å². The van der Waals surface area contributed by atoms with Crippen molar-refractivity contribution < 1.29 is 19.4 Å². The zero-order valence-electron chi connectivity index (χ0n) is 32.9. The first-order chi connectivity index (χ1) is 24.7. The number of hydrogen-bond acceptors (Lipinski definition) is 3. The molecular weight excluding hydrogens is 617 g/mol. The first-order valence-corrected chi connectivity index (χ1v) is 22.2. The third-order valence-corrected chi connectivity index (χ3v) is 10.5. The molecule has 50 heavy (non-hydrogen) atoms. The average molecular weight is 699 g/mol. The smallest absolute Gasteiger partial charge is 0.311 e. The van der Waals surface area contributed by atoms with Gasteiger partial charge in [-0.1, -0.05) is 237 Å². The summed E-state index contributed by atoms with van der Waals surface area (Å²) in [6, 6.07) is 9.38. The SMILES string of the molecule is O=C(O)CCCCCCCCCCCCCCCCCCCCCCCCCCCCCCCCCCCCCCC(=O)Oc1ccccc1. The molecule has 1 aromatic rings. The Balaban J connectivity index is 1.63. The van der Waals surface area contributed by atoms with E-state index < -0.39 is 5.97 Å². The van der Waals surface area contributed by atoms with E-state index in [0.29, 0.717) is 18.6 Å². The van der Waals surface area contributed by atoms with E-state index in [1.807, 2.05) is 30.3 Å². The summed E-state index contributed by atoms with van der Waals surface area (Å²) in [6.45, 7) is 0. The van der Waals surface area contributed by atoms with Gasteiger partial charge in [0.05, 0.1) is 0 Å². The predicted octanol–water partition coefficient (Wildman–Crippen LogP) is 15.5. The Morgan fingerprint density at radius 1 is 0.340 bits per heavy atom. The van der Waals surface area contributed by atoms with Crippen LogP contribution in [-0.4, -0.2) is 17.0 Å². The minimum atomic E-state index is -0.652. The van der Waals surface area contributed by atoms with E-state index in [0.717, 1.165) is 25.7 Å². The van der Waals surface area contributed by atoms with Crippen LogP contribution in [0.1, 0.15) is 244 Å². The standard InChI is InChI=1S/C46H82O4/c47-45(48)42-38-33-31-29-27-25-23-21-19-17-15-13-11-9-7-5-3-1-2-4-6-8-10-12-14-16-18-20-22-24-26-28-30-32-34-39-43-46(49)50-44-40-36-35-37-41-44/h35-37,40-41H,1-34,38-39,42-43H2,(H,47,48). The summed E-state index contributed by atoms with van der Waals surface area (Å²) in [6.07, 6.45) is 49.8. The normalized spacial score (nSPS) is 11.3. The van der Waals surface area contributed by atoms with Gasteiger partial charge in [-0.05, 0) is 25.0 Å². The largest absolute Gasteiger partial charge is 0.481 e. The van der Waals surface area contributed by atoms with Gasteiger partial charge in [-0.15, -0.1) is 0 Å². The van der Waals surface area contributed by atoms with Crippen molar-refractivity contribution in [3.05, 3.63) is 30.3 Å². The lowest BCUT2D eigenvalue weighted by Crippen LogP contribution is -2.07. The van der Waals surface area contributed by atoms with Gasteiger partial charge in [-0.2, -0.15) is 0 Å². The molecule has 4 nitrogen and oxygen atoms in total. The molecule has 0 atom stereocenters. The van der Waals surface area contributed by atoms with E-state index in [1.54, 1.807) is 0 Å². The minimum Gasteiger partial charge on any atom is -0.481 e. The highest BCUT2D eigenvalue weighted by Crippen LogP contribution is 2.18. The molecule has 0 aliphatic carbocycles. The monoisotopic (exact) mass is 699 g/mol. The van der Waals surface area contributed by atoms with Crippen molar-refractivity contribution in [2.45, 2.75) is 244 Å². The highest BCUT2D eigenvalue weighted by atomic mass is 16.5. The van der Waals surface area contributed by atoms with E-state index in [1.165, 1.54) is 205 Å². The predicted molar refractivity (Wildman–Crippen MR) is 215 cm³/mol. The van der Waals surface area contributed by atoms with Crippen LogP contribution in [0.4, 0.5) is 0 Å². The van der Waals surface area contributed by atoms with Crippen molar-refractivity contribution in [2.24, 2.45) is 0 Å². The lowest BCUT2D eigenvalue weighted by molar-refractivity contribution is -0.137. The summed E-state index contributed by atoms with van der Waals surface area (Å²) in [5.74, 6) is -0.105. The van der Waals surface area contributed by atoms with Crippen molar-refractivity contribution in [3.63, 3.8) is 0 Å². The number of ether oxygens (including phenoxy) is 1. The molecule has 4 heteroatoms. The minimum absolute atomic E-state index is 0.105. The Hall–Kier alpha value is -1.84. The number of benzene rings is 1. The Labute approximate surface area is 310 Å². The highest BCUT2D eigenvalue weighted by Gasteiger charge is 2.04. The van der Waals surface area contributed by atoms with Crippen LogP contribution in [0.3, 0.4) is 0 Å². The molecule has 1 rings (SSSR count). The average Bonchev–Trinajstić information content (AvgIpc) is 3.11. The molecule has 0 saturated carbocycles.